The Morgan fingerprint density at radius 3 is 3.10 bits per heavy atom. The number of hydrogen-bond donors (Lipinski definition) is 2. The van der Waals surface area contributed by atoms with Crippen LogP contribution in [-0.2, 0) is 4.74 Å². The minimum absolute atomic E-state index is 0.287. The smallest absolute Gasteiger partial charge is 0.194 e. The summed E-state index contributed by atoms with van der Waals surface area (Å²) in [5, 5.41) is 3.00. The minimum atomic E-state index is 0.287. The summed E-state index contributed by atoms with van der Waals surface area (Å²) in [6, 6.07) is 5.64. The highest BCUT2D eigenvalue weighted by Gasteiger charge is 2.28. The van der Waals surface area contributed by atoms with E-state index in [4.69, 9.17) is 10.5 Å². The van der Waals surface area contributed by atoms with Crippen molar-refractivity contribution in [2.45, 2.75) is 32.8 Å². The molecule has 0 bridgehead atoms. The summed E-state index contributed by atoms with van der Waals surface area (Å²) in [4.78, 5) is 8.60. The first-order valence-electron chi connectivity index (χ1n) is 7.26. The van der Waals surface area contributed by atoms with Gasteiger partial charge < -0.3 is 15.8 Å². The van der Waals surface area contributed by atoms with Gasteiger partial charge in [0.1, 0.15) is 5.82 Å². The van der Waals surface area contributed by atoms with Gasteiger partial charge in [0.05, 0.1) is 6.10 Å². The van der Waals surface area contributed by atoms with Gasteiger partial charge >= 0.3 is 0 Å². The Kier molecular flexibility index (Phi) is 5.35. The van der Waals surface area contributed by atoms with E-state index in [1.807, 2.05) is 18.2 Å². The number of nitrogens with zero attached hydrogens (tertiary/aromatic N) is 2. The molecule has 0 amide bonds. The third-order valence-electron chi connectivity index (χ3n) is 3.57. The van der Waals surface area contributed by atoms with Crippen LogP contribution in [0.2, 0.25) is 0 Å². The fraction of sp³-hybridized carbons (Fsp3) is 0.600. The Morgan fingerprint density at radius 2 is 2.40 bits per heavy atom. The van der Waals surface area contributed by atoms with Crippen molar-refractivity contribution in [1.82, 2.24) is 4.98 Å². The summed E-state index contributed by atoms with van der Waals surface area (Å²) < 4.78 is 5.86. The van der Waals surface area contributed by atoms with Crippen LogP contribution in [0, 0.1) is 11.8 Å². The molecule has 3 N–H and O–H groups in total. The molecule has 0 saturated carbocycles. The molecule has 2 unspecified atom stereocenters. The highest BCUT2D eigenvalue weighted by Crippen LogP contribution is 2.26. The van der Waals surface area contributed by atoms with Gasteiger partial charge in [0.15, 0.2) is 5.96 Å². The first-order valence-corrected chi connectivity index (χ1v) is 7.26. The summed E-state index contributed by atoms with van der Waals surface area (Å²) in [6.07, 6.45) is 4.27. The zero-order valence-corrected chi connectivity index (χ0v) is 12.2. The van der Waals surface area contributed by atoms with Crippen molar-refractivity contribution >= 4 is 11.8 Å². The third kappa shape index (κ3) is 4.20. The Balaban J connectivity index is 1.90. The van der Waals surface area contributed by atoms with Crippen LogP contribution in [0.3, 0.4) is 0 Å². The second-order valence-corrected chi connectivity index (χ2v) is 5.55. The Labute approximate surface area is 120 Å². The van der Waals surface area contributed by atoms with Crippen LogP contribution in [0.5, 0.6) is 0 Å². The zero-order chi connectivity index (χ0) is 14.4. The Bertz CT molecular complexity index is 433. The second-order valence-electron chi connectivity index (χ2n) is 5.55. The van der Waals surface area contributed by atoms with Gasteiger partial charge in [0.2, 0.25) is 0 Å². The summed E-state index contributed by atoms with van der Waals surface area (Å²) in [7, 11) is 0. The van der Waals surface area contributed by atoms with Crippen molar-refractivity contribution in [3.05, 3.63) is 24.4 Å². The lowest BCUT2D eigenvalue weighted by molar-refractivity contribution is -0.0491. The van der Waals surface area contributed by atoms with Crippen LogP contribution in [0.15, 0.2) is 29.4 Å². The van der Waals surface area contributed by atoms with Gasteiger partial charge in [-0.1, -0.05) is 19.9 Å². The highest BCUT2D eigenvalue weighted by molar-refractivity contribution is 5.91. The largest absolute Gasteiger partial charge is 0.378 e. The van der Waals surface area contributed by atoms with Crippen LogP contribution < -0.4 is 11.1 Å². The van der Waals surface area contributed by atoms with E-state index < -0.39 is 0 Å². The van der Waals surface area contributed by atoms with E-state index in [9.17, 15) is 0 Å². The van der Waals surface area contributed by atoms with E-state index in [2.05, 4.69) is 29.1 Å². The summed E-state index contributed by atoms with van der Waals surface area (Å²) in [6.45, 7) is 5.96. The van der Waals surface area contributed by atoms with E-state index in [0.29, 0.717) is 30.2 Å². The molecular weight excluding hydrogens is 252 g/mol. The number of aliphatic imine (C=N–C) groups is 1. The van der Waals surface area contributed by atoms with Crippen LogP contribution in [-0.4, -0.2) is 30.2 Å². The average Bonchev–Trinajstić information content (AvgIpc) is 2.46. The number of nitrogens with one attached hydrogen (secondary N) is 1. The third-order valence-corrected chi connectivity index (χ3v) is 3.57. The summed E-state index contributed by atoms with van der Waals surface area (Å²) in [5.41, 5.74) is 5.90. The number of hydrogen-bond acceptors (Lipinski definition) is 3. The molecule has 1 aromatic heterocycles. The lowest BCUT2D eigenvalue weighted by Gasteiger charge is -2.33. The van der Waals surface area contributed by atoms with Gasteiger partial charge in [-0.2, -0.15) is 0 Å². The number of pyridine rings is 1. The van der Waals surface area contributed by atoms with Crippen LogP contribution in [0.4, 0.5) is 5.82 Å². The Hall–Kier alpha value is -1.62. The quantitative estimate of drug-likeness (QED) is 0.653. The van der Waals surface area contributed by atoms with Crippen molar-refractivity contribution < 1.29 is 4.74 Å². The summed E-state index contributed by atoms with van der Waals surface area (Å²) in [5.74, 6) is 2.10. The van der Waals surface area contributed by atoms with Crippen molar-refractivity contribution in [1.29, 1.82) is 0 Å². The number of rotatable bonds is 4. The molecule has 1 aliphatic heterocycles. The van der Waals surface area contributed by atoms with Gasteiger partial charge in [-0.25, -0.2) is 4.98 Å². The standard InChI is InChI=1S/C15H24N4O/c1-11(2)14-12(6-5-9-20-14)10-18-15(16)19-13-7-3-4-8-17-13/h3-4,7-8,11-12,14H,5-6,9-10H2,1-2H3,(H3,16,17,18,19). The highest BCUT2D eigenvalue weighted by atomic mass is 16.5. The predicted molar refractivity (Wildman–Crippen MR) is 81.7 cm³/mol. The molecule has 5 heteroatoms. The molecule has 2 atom stereocenters. The number of guanidine groups is 1. The van der Waals surface area contributed by atoms with Crippen molar-refractivity contribution in [2.24, 2.45) is 22.6 Å². The molecule has 1 aromatic rings. The first-order chi connectivity index (χ1) is 9.66. The first kappa shape index (κ1) is 14.8. The minimum Gasteiger partial charge on any atom is -0.378 e. The van der Waals surface area contributed by atoms with Crippen LogP contribution in [0.25, 0.3) is 0 Å². The van der Waals surface area contributed by atoms with Gasteiger partial charge in [-0.05, 0) is 30.9 Å². The van der Waals surface area contributed by atoms with E-state index >= 15 is 0 Å². The van der Waals surface area contributed by atoms with Crippen molar-refractivity contribution in [3.63, 3.8) is 0 Å². The molecule has 5 nitrogen and oxygen atoms in total. The lowest BCUT2D eigenvalue weighted by Crippen LogP contribution is -2.36. The van der Waals surface area contributed by atoms with Gasteiger partial charge in [-0.3, -0.25) is 4.99 Å². The fourth-order valence-corrected chi connectivity index (χ4v) is 2.62. The molecule has 1 aliphatic rings. The van der Waals surface area contributed by atoms with Gasteiger partial charge in [-0.15, -0.1) is 0 Å². The van der Waals surface area contributed by atoms with Gasteiger partial charge in [0, 0.05) is 25.3 Å². The molecule has 0 aromatic carbocycles. The number of anilines is 1. The monoisotopic (exact) mass is 276 g/mol. The van der Waals surface area contributed by atoms with Gasteiger partial charge in [0.25, 0.3) is 0 Å². The zero-order valence-electron chi connectivity index (χ0n) is 12.2. The fourth-order valence-electron chi connectivity index (χ4n) is 2.62. The molecule has 0 radical (unpaired) electrons. The molecule has 1 saturated heterocycles. The maximum Gasteiger partial charge on any atom is 0.194 e. The summed E-state index contributed by atoms with van der Waals surface area (Å²) >= 11 is 0. The molecule has 0 spiro atoms. The topological polar surface area (TPSA) is 72.5 Å². The van der Waals surface area contributed by atoms with Crippen molar-refractivity contribution in [2.75, 3.05) is 18.5 Å². The molecule has 110 valence electrons. The molecule has 2 rings (SSSR count). The predicted octanol–water partition coefficient (Wildman–Crippen LogP) is 2.26. The maximum absolute atomic E-state index is 5.90. The lowest BCUT2D eigenvalue weighted by atomic mass is 9.87. The number of nitrogens with two attached hydrogens (primary N) is 1. The van der Waals surface area contributed by atoms with E-state index in [0.717, 1.165) is 19.4 Å². The average molecular weight is 276 g/mol. The normalized spacial score (nSPS) is 23.9. The van der Waals surface area contributed by atoms with E-state index in [-0.39, 0.29) is 6.10 Å². The van der Waals surface area contributed by atoms with Crippen LogP contribution >= 0.6 is 0 Å². The maximum atomic E-state index is 5.90. The molecular formula is C15H24N4O. The molecule has 1 fully saturated rings. The molecule has 0 aliphatic carbocycles. The molecule has 2 heterocycles. The van der Waals surface area contributed by atoms with E-state index in [1.165, 1.54) is 0 Å². The van der Waals surface area contributed by atoms with Crippen LogP contribution in [0.1, 0.15) is 26.7 Å². The Morgan fingerprint density at radius 1 is 1.55 bits per heavy atom. The SMILES string of the molecule is CC(C)C1OCCCC1CN=C(N)Nc1ccccn1. The molecule has 20 heavy (non-hydrogen) atoms. The number of ether oxygens (including phenoxy) is 1. The van der Waals surface area contributed by atoms with Crippen molar-refractivity contribution in [3.8, 4) is 0 Å². The number of aromatic nitrogens is 1. The van der Waals surface area contributed by atoms with E-state index in [1.54, 1.807) is 6.20 Å². The second kappa shape index (κ2) is 7.24.